The van der Waals surface area contributed by atoms with Gasteiger partial charge in [-0.3, -0.25) is 4.79 Å². The van der Waals surface area contributed by atoms with Crippen LogP contribution < -0.4 is 10.5 Å². The van der Waals surface area contributed by atoms with E-state index < -0.39 is 5.97 Å². The molecule has 0 spiro atoms. The molecular weight excluding hydrogens is 268 g/mol. The number of nitrogens with zero attached hydrogens (tertiary/aromatic N) is 1. The van der Waals surface area contributed by atoms with Gasteiger partial charge in [0, 0.05) is 0 Å². The highest BCUT2D eigenvalue weighted by molar-refractivity contribution is 5.88. The highest BCUT2D eigenvalue weighted by Crippen LogP contribution is 2.01. The fraction of sp³-hybridized carbons (Fsp3) is 0.0625. The third-order valence-electron chi connectivity index (χ3n) is 2.76. The number of benzene rings is 2. The lowest BCUT2D eigenvalue weighted by atomic mass is 10.1. The summed E-state index contributed by atoms with van der Waals surface area (Å²) in [6.07, 6.45) is 1.70. The first-order chi connectivity index (χ1) is 10.1. The first kappa shape index (κ1) is 14.5. The number of amides is 1. The van der Waals surface area contributed by atoms with E-state index in [2.05, 4.69) is 10.5 Å². The minimum Gasteiger partial charge on any atom is -0.545 e. The third kappa shape index (κ3) is 4.58. The van der Waals surface area contributed by atoms with Gasteiger partial charge in [-0.15, -0.1) is 0 Å². The molecule has 0 radical (unpaired) electrons. The van der Waals surface area contributed by atoms with Crippen molar-refractivity contribution in [3.05, 3.63) is 71.3 Å². The number of carbonyl (C=O) groups excluding carboxylic acids is 2. The van der Waals surface area contributed by atoms with E-state index in [4.69, 9.17) is 0 Å². The SMILES string of the molecule is O=C(Cc1ccccc1)NN=Cc1ccc(C(=O)[O-])cc1. The summed E-state index contributed by atoms with van der Waals surface area (Å²) in [5, 5.41) is 14.4. The summed E-state index contributed by atoms with van der Waals surface area (Å²) >= 11 is 0. The van der Waals surface area contributed by atoms with Gasteiger partial charge in [0.25, 0.3) is 0 Å². The Morgan fingerprint density at radius 1 is 1.05 bits per heavy atom. The Balaban J connectivity index is 1.87. The zero-order valence-electron chi connectivity index (χ0n) is 11.2. The van der Waals surface area contributed by atoms with Crippen molar-refractivity contribution >= 4 is 18.1 Å². The number of carbonyl (C=O) groups is 2. The Labute approximate surface area is 121 Å². The summed E-state index contributed by atoms with van der Waals surface area (Å²) in [4.78, 5) is 22.2. The monoisotopic (exact) mass is 281 g/mol. The number of aromatic carboxylic acids is 1. The number of hydrazone groups is 1. The first-order valence-corrected chi connectivity index (χ1v) is 6.32. The predicted octanol–water partition coefficient (Wildman–Crippen LogP) is 0.743. The Bertz CT molecular complexity index is 649. The van der Waals surface area contributed by atoms with Crippen LogP contribution in [-0.4, -0.2) is 18.1 Å². The predicted molar refractivity (Wildman–Crippen MR) is 76.7 cm³/mol. The molecule has 2 rings (SSSR count). The number of rotatable bonds is 5. The second-order valence-corrected chi connectivity index (χ2v) is 4.37. The van der Waals surface area contributed by atoms with Crippen LogP contribution in [0, 0.1) is 0 Å². The van der Waals surface area contributed by atoms with Crippen molar-refractivity contribution in [3.8, 4) is 0 Å². The zero-order chi connectivity index (χ0) is 15.1. The van der Waals surface area contributed by atoms with E-state index >= 15 is 0 Å². The Morgan fingerprint density at radius 2 is 1.71 bits per heavy atom. The van der Waals surface area contributed by atoms with Crippen LogP contribution in [0.2, 0.25) is 0 Å². The average Bonchev–Trinajstić information content (AvgIpc) is 2.49. The van der Waals surface area contributed by atoms with E-state index in [9.17, 15) is 14.7 Å². The quantitative estimate of drug-likeness (QED) is 0.648. The molecule has 0 fully saturated rings. The molecule has 0 aliphatic heterocycles. The van der Waals surface area contributed by atoms with E-state index in [1.54, 1.807) is 12.1 Å². The van der Waals surface area contributed by atoms with Gasteiger partial charge in [-0.05, 0) is 16.7 Å². The molecule has 2 aromatic rings. The Morgan fingerprint density at radius 3 is 2.33 bits per heavy atom. The summed E-state index contributed by atoms with van der Waals surface area (Å²) < 4.78 is 0. The molecule has 5 nitrogen and oxygen atoms in total. The summed E-state index contributed by atoms with van der Waals surface area (Å²) in [5.74, 6) is -1.45. The number of carboxylic acid groups (broad SMARTS) is 1. The van der Waals surface area contributed by atoms with Crippen LogP contribution >= 0.6 is 0 Å². The van der Waals surface area contributed by atoms with Crippen LogP contribution in [0.4, 0.5) is 0 Å². The molecule has 0 atom stereocenters. The van der Waals surface area contributed by atoms with Crippen LogP contribution in [0.1, 0.15) is 21.5 Å². The second-order valence-electron chi connectivity index (χ2n) is 4.37. The molecule has 1 N–H and O–H groups in total. The van der Waals surface area contributed by atoms with Crippen molar-refractivity contribution in [1.29, 1.82) is 0 Å². The molecule has 0 unspecified atom stereocenters. The lowest BCUT2D eigenvalue weighted by Gasteiger charge is -2.02. The third-order valence-corrected chi connectivity index (χ3v) is 2.76. The maximum atomic E-state index is 11.6. The van der Waals surface area contributed by atoms with E-state index in [0.717, 1.165) is 5.56 Å². The van der Waals surface area contributed by atoms with Gasteiger partial charge in [-0.2, -0.15) is 5.10 Å². The largest absolute Gasteiger partial charge is 0.545 e. The van der Waals surface area contributed by atoms with Gasteiger partial charge >= 0.3 is 0 Å². The molecule has 0 saturated heterocycles. The maximum Gasteiger partial charge on any atom is 0.244 e. The first-order valence-electron chi connectivity index (χ1n) is 6.32. The van der Waals surface area contributed by atoms with Gasteiger partial charge in [0.05, 0.1) is 18.6 Å². The average molecular weight is 281 g/mol. The molecule has 0 heterocycles. The van der Waals surface area contributed by atoms with Crippen molar-refractivity contribution < 1.29 is 14.7 Å². The second kappa shape index (κ2) is 7.00. The van der Waals surface area contributed by atoms with Crippen LogP contribution in [0.15, 0.2) is 59.7 Å². The van der Waals surface area contributed by atoms with E-state index in [0.29, 0.717) is 5.56 Å². The molecule has 0 bridgehead atoms. The highest BCUT2D eigenvalue weighted by Gasteiger charge is 2.00. The molecule has 21 heavy (non-hydrogen) atoms. The van der Waals surface area contributed by atoms with Crippen LogP contribution in [0.25, 0.3) is 0 Å². The summed E-state index contributed by atoms with van der Waals surface area (Å²) in [5.41, 5.74) is 4.10. The fourth-order valence-electron chi connectivity index (χ4n) is 1.70. The molecular formula is C16H13N2O3-. The van der Waals surface area contributed by atoms with Gasteiger partial charge in [-0.25, -0.2) is 5.43 Å². The van der Waals surface area contributed by atoms with Gasteiger partial charge in [0.1, 0.15) is 0 Å². The summed E-state index contributed by atoms with van der Waals surface area (Å²) in [6, 6.07) is 15.3. The van der Waals surface area contributed by atoms with Crippen molar-refractivity contribution in [2.75, 3.05) is 0 Å². The molecule has 0 aromatic heterocycles. The summed E-state index contributed by atoms with van der Waals surface area (Å²) in [7, 11) is 0. The van der Waals surface area contributed by atoms with E-state index in [1.807, 2.05) is 30.3 Å². The van der Waals surface area contributed by atoms with Crippen molar-refractivity contribution in [1.82, 2.24) is 5.43 Å². The Kier molecular flexibility index (Phi) is 4.82. The van der Waals surface area contributed by atoms with Gasteiger partial charge in [0.15, 0.2) is 0 Å². The van der Waals surface area contributed by atoms with Gasteiger partial charge in [-0.1, -0.05) is 54.6 Å². The van der Waals surface area contributed by atoms with Gasteiger partial charge < -0.3 is 9.90 Å². The molecule has 2 aromatic carbocycles. The lowest BCUT2D eigenvalue weighted by molar-refractivity contribution is -0.255. The molecule has 5 heteroatoms. The topological polar surface area (TPSA) is 81.6 Å². The van der Waals surface area contributed by atoms with Crippen molar-refractivity contribution in [2.45, 2.75) is 6.42 Å². The highest BCUT2D eigenvalue weighted by atomic mass is 16.4. The molecule has 0 aliphatic rings. The lowest BCUT2D eigenvalue weighted by Crippen LogP contribution is -2.22. The van der Waals surface area contributed by atoms with Crippen LogP contribution in [0.5, 0.6) is 0 Å². The van der Waals surface area contributed by atoms with Crippen LogP contribution in [-0.2, 0) is 11.2 Å². The number of hydrogen-bond donors (Lipinski definition) is 1. The standard InChI is InChI=1S/C16H14N2O3/c19-15(10-12-4-2-1-3-5-12)18-17-11-13-6-8-14(9-7-13)16(20)21/h1-9,11H,10H2,(H,18,19)(H,20,21)/p-1. The van der Waals surface area contributed by atoms with E-state index in [1.165, 1.54) is 18.3 Å². The van der Waals surface area contributed by atoms with Crippen molar-refractivity contribution in [3.63, 3.8) is 0 Å². The molecule has 0 saturated carbocycles. The minimum atomic E-state index is -1.23. The number of carboxylic acids is 1. The van der Waals surface area contributed by atoms with Crippen molar-refractivity contribution in [2.24, 2.45) is 5.10 Å². The van der Waals surface area contributed by atoms with E-state index in [-0.39, 0.29) is 17.9 Å². The normalized spacial score (nSPS) is 10.5. The molecule has 106 valence electrons. The molecule has 1 amide bonds. The zero-order valence-corrected chi connectivity index (χ0v) is 11.2. The Hall–Kier alpha value is -2.95. The number of hydrogen-bond acceptors (Lipinski definition) is 4. The van der Waals surface area contributed by atoms with Gasteiger partial charge in [0.2, 0.25) is 5.91 Å². The maximum absolute atomic E-state index is 11.6. The molecule has 0 aliphatic carbocycles. The minimum absolute atomic E-state index is 0.0975. The summed E-state index contributed by atoms with van der Waals surface area (Å²) in [6.45, 7) is 0. The fourth-order valence-corrected chi connectivity index (χ4v) is 1.70. The number of nitrogens with one attached hydrogen (secondary N) is 1. The van der Waals surface area contributed by atoms with Crippen LogP contribution in [0.3, 0.4) is 0 Å². The smallest absolute Gasteiger partial charge is 0.244 e.